The Morgan fingerprint density at radius 1 is 1.22 bits per heavy atom. The molecule has 1 amide bonds. The van der Waals surface area contributed by atoms with Gasteiger partial charge in [0.05, 0.1) is 17.0 Å². The molecule has 3 aliphatic heterocycles. The third-order valence-electron chi connectivity index (χ3n) is 4.56. The van der Waals surface area contributed by atoms with E-state index in [9.17, 15) is 9.18 Å². The maximum absolute atomic E-state index is 13.3. The van der Waals surface area contributed by atoms with Crippen LogP contribution in [0.3, 0.4) is 0 Å². The molecule has 0 spiro atoms. The van der Waals surface area contributed by atoms with E-state index in [0.29, 0.717) is 29.2 Å². The lowest BCUT2D eigenvalue weighted by atomic mass is 10.1. The fourth-order valence-corrected chi connectivity index (χ4v) is 3.20. The number of hydrogen-bond acceptors (Lipinski definition) is 4. The number of piperazine rings is 1. The number of likely N-dealkylation sites (N-methyl/N-ethyl adjacent to an activating group) is 1. The molecule has 1 fully saturated rings. The summed E-state index contributed by atoms with van der Waals surface area (Å²) in [6.07, 6.45) is 1.94. The number of carbonyl (C=O) groups excluding carboxylic acids is 1. The molecule has 1 saturated heterocycles. The molecular formula is C17H18FN3O2. The summed E-state index contributed by atoms with van der Waals surface area (Å²) in [5.74, 6) is -0.0328. The van der Waals surface area contributed by atoms with Crippen molar-refractivity contribution >= 4 is 17.2 Å². The van der Waals surface area contributed by atoms with Gasteiger partial charge >= 0.3 is 0 Å². The van der Waals surface area contributed by atoms with Crippen LogP contribution < -0.4 is 5.32 Å². The Hall–Kier alpha value is -2.34. The van der Waals surface area contributed by atoms with Gasteiger partial charge in [-0.25, -0.2) is 4.39 Å². The maximum atomic E-state index is 13.3. The Morgan fingerprint density at radius 3 is 2.78 bits per heavy atom. The van der Waals surface area contributed by atoms with Crippen molar-refractivity contribution in [3.63, 3.8) is 0 Å². The summed E-state index contributed by atoms with van der Waals surface area (Å²) in [4.78, 5) is 16.8. The van der Waals surface area contributed by atoms with Gasteiger partial charge in [-0.15, -0.1) is 0 Å². The van der Waals surface area contributed by atoms with Crippen LogP contribution in [0.4, 0.5) is 10.1 Å². The number of benzene rings is 1. The quantitative estimate of drug-likeness (QED) is 0.801. The molecule has 120 valence electrons. The van der Waals surface area contributed by atoms with Gasteiger partial charge in [-0.05, 0) is 25.2 Å². The molecule has 0 bridgehead atoms. The summed E-state index contributed by atoms with van der Waals surface area (Å²) >= 11 is 0. The van der Waals surface area contributed by atoms with Gasteiger partial charge < -0.3 is 19.9 Å². The Kier molecular flexibility index (Phi) is 3.34. The third-order valence-corrected chi connectivity index (χ3v) is 4.56. The van der Waals surface area contributed by atoms with E-state index in [0.717, 1.165) is 31.9 Å². The highest BCUT2D eigenvalue weighted by Crippen LogP contribution is 2.37. The Bertz CT molecular complexity index is 733. The molecule has 6 heteroatoms. The predicted molar refractivity (Wildman–Crippen MR) is 85.1 cm³/mol. The highest BCUT2D eigenvalue weighted by molar-refractivity contribution is 6.32. The van der Waals surface area contributed by atoms with Crippen LogP contribution in [0.1, 0.15) is 5.56 Å². The number of nitrogens with one attached hydrogen (secondary N) is 1. The van der Waals surface area contributed by atoms with Gasteiger partial charge in [-0.2, -0.15) is 0 Å². The van der Waals surface area contributed by atoms with Crippen molar-refractivity contribution in [1.29, 1.82) is 0 Å². The normalized spacial score (nSPS) is 24.3. The molecule has 23 heavy (non-hydrogen) atoms. The molecule has 0 aliphatic carbocycles. The number of nitrogens with zero attached hydrogens (tertiary/aromatic N) is 2. The maximum Gasteiger partial charge on any atom is 0.260 e. The molecule has 3 aliphatic rings. The third kappa shape index (κ3) is 2.49. The van der Waals surface area contributed by atoms with E-state index in [2.05, 4.69) is 22.2 Å². The topological polar surface area (TPSA) is 44.8 Å². The summed E-state index contributed by atoms with van der Waals surface area (Å²) in [5.41, 5.74) is 2.79. The lowest BCUT2D eigenvalue weighted by Crippen LogP contribution is -2.44. The van der Waals surface area contributed by atoms with Crippen LogP contribution in [-0.4, -0.2) is 55.5 Å². The van der Waals surface area contributed by atoms with E-state index in [-0.39, 0.29) is 11.7 Å². The highest BCUT2D eigenvalue weighted by atomic mass is 19.1. The second-order valence-corrected chi connectivity index (χ2v) is 6.10. The molecular weight excluding hydrogens is 297 g/mol. The average molecular weight is 315 g/mol. The zero-order valence-electron chi connectivity index (χ0n) is 12.9. The molecule has 0 atom stereocenters. The van der Waals surface area contributed by atoms with E-state index >= 15 is 0 Å². The van der Waals surface area contributed by atoms with Crippen molar-refractivity contribution in [1.82, 2.24) is 9.80 Å². The molecule has 4 rings (SSSR count). The highest BCUT2D eigenvalue weighted by Gasteiger charge is 2.31. The fourth-order valence-electron chi connectivity index (χ4n) is 3.20. The molecule has 0 saturated carbocycles. The van der Waals surface area contributed by atoms with E-state index in [1.165, 1.54) is 12.1 Å². The largest absolute Gasteiger partial charge is 0.486 e. The number of rotatable bonds is 1. The average Bonchev–Trinajstić information content (AvgIpc) is 3.11. The molecule has 3 heterocycles. The number of fused-ring (bicyclic) bond motifs is 1. The molecule has 1 aromatic rings. The number of ether oxygens (including phenoxy) is 1. The second kappa shape index (κ2) is 5.38. The molecule has 0 aromatic heterocycles. The van der Waals surface area contributed by atoms with Gasteiger partial charge in [-0.1, -0.05) is 0 Å². The van der Waals surface area contributed by atoms with Gasteiger partial charge in [0.15, 0.2) is 0 Å². The first-order valence-corrected chi connectivity index (χ1v) is 7.74. The van der Waals surface area contributed by atoms with E-state index < -0.39 is 0 Å². The summed E-state index contributed by atoms with van der Waals surface area (Å²) in [6, 6.07) is 4.32. The lowest BCUT2D eigenvalue weighted by molar-refractivity contribution is -0.110. The second-order valence-electron chi connectivity index (χ2n) is 6.10. The molecule has 1 N–H and O–H groups in total. The van der Waals surface area contributed by atoms with Crippen molar-refractivity contribution in [3.8, 4) is 0 Å². The summed E-state index contributed by atoms with van der Waals surface area (Å²) in [7, 11) is 2.11. The Labute approximate surface area is 134 Å². The smallest absolute Gasteiger partial charge is 0.260 e. The number of hydrogen-bond donors (Lipinski definition) is 1. The number of amides is 1. The van der Waals surface area contributed by atoms with E-state index in [1.54, 1.807) is 6.07 Å². The standard InChI is InChI=1S/C17H18FN3O2/c1-20-4-6-21(7-5-20)12-9-15(23-10-12)16-13-3-2-11(18)8-14(13)19-17(16)22/h2-3,8-9H,4-7,10H2,1H3,(H,19,22)/b16-15-. The monoisotopic (exact) mass is 315 g/mol. The van der Waals surface area contributed by atoms with Gasteiger partial charge in [0, 0.05) is 37.8 Å². The summed E-state index contributed by atoms with van der Waals surface area (Å²) < 4.78 is 19.1. The molecule has 5 nitrogen and oxygen atoms in total. The zero-order valence-corrected chi connectivity index (χ0v) is 12.9. The number of allylic oxidation sites excluding steroid dienone is 1. The summed E-state index contributed by atoms with van der Waals surface area (Å²) in [5, 5.41) is 2.70. The minimum absolute atomic E-state index is 0.239. The molecule has 0 radical (unpaired) electrons. The lowest BCUT2D eigenvalue weighted by Gasteiger charge is -2.34. The van der Waals surface area contributed by atoms with Crippen LogP contribution in [-0.2, 0) is 9.53 Å². The Morgan fingerprint density at radius 2 is 2.00 bits per heavy atom. The fraction of sp³-hybridized carbons (Fsp3) is 0.353. The first-order valence-electron chi connectivity index (χ1n) is 7.74. The minimum atomic E-state index is -0.365. The van der Waals surface area contributed by atoms with Gasteiger partial charge in [0.2, 0.25) is 0 Å². The van der Waals surface area contributed by atoms with Crippen LogP contribution >= 0.6 is 0 Å². The number of carbonyl (C=O) groups is 1. The van der Waals surface area contributed by atoms with Crippen molar-refractivity contribution in [2.45, 2.75) is 0 Å². The van der Waals surface area contributed by atoms with Crippen molar-refractivity contribution < 1.29 is 13.9 Å². The van der Waals surface area contributed by atoms with E-state index in [1.807, 2.05) is 6.08 Å². The number of halogens is 1. The van der Waals surface area contributed by atoms with Crippen molar-refractivity contribution in [3.05, 3.63) is 47.1 Å². The first-order chi connectivity index (χ1) is 11.1. The Balaban J connectivity index is 1.66. The zero-order chi connectivity index (χ0) is 16.0. The predicted octanol–water partition coefficient (Wildman–Crippen LogP) is 1.65. The minimum Gasteiger partial charge on any atom is -0.486 e. The summed E-state index contributed by atoms with van der Waals surface area (Å²) in [6.45, 7) is 4.44. The van der Waals surface area contributed by atoms with Gasteiger partial charge in [0.25, 0.3) is 5.91 Å². The van der Waals surface area contributed by atoms with Crippen LogP contribution in [0, 0.1) is 5.82 Å². The van der Waals surface area contributed by atoms with Crippen LogP contribution in [0.15, 0.2) is 35.7 Å². The molecule has 1 aromatic carbocycles. The van der Waals surface area contributed by atoms with Crippen molar-refractivity contribution in [2.24, 2.45) is 0 Å². The number of anilines is 1. The van der Waals surface area contributed by atoms with Gasteiger partial charge in [-0.3, -0.25) is 4.79 Å². The first kappa shape index (κ1) is 14.3. The SMILES string of the molecule is CN1CCN(C2=C/C(=C3/C(=O)Nc4cc(F)ccc43)OC2)CC1. The van der Waals surface area contributed by atoms with E-state index in [4.69, 9.17) is 4.74 Å². The molecule has 0 unspecified atom stereocenters. The van der Waals surface area contributed by atoms with Crippen LogP contribution in [0.25, 0.3) is 5.57 Å². The van der Waals surface area contributed by atoms with Crippen LogP contribution in [0.2, 0.25) is 0 Å². The van der Waals surface area contributed by atoms with Crippen molar-refractivity contribution in [2.75, 3.05) is 45.2 Å². The van der Waals surface area contributed by atoms with Gasteiger partial charge in [0.1, 0.15) is 18.2 Å². The van der Waals surface area contributed by atoms with Crippen LogP contribution in [0.5, 0.6) is 0 Å².